The molecule has 2 saturated heterocycles. The Labute approximate surface area is 63.6 Å². The molecule has 0 saturated carbocycles. The number of quaternary nitrogens is 1. The maximum absolute atomic E-state index is 2.42. The van der Waals surface area contributed by atoms with Crippen LogP contribution in [0.4, 0.5) is 0 Å². The summed E-state index contributed by atoms with van der Waals surface area (Å²) in [5.74, 6) is 0. The molecule has 2 fully saturated rings. The lowest BCUT2D eigenvalue weighted by molar-refractivity contribution is -0.930. The summed E-state index contributed by atoms with van der Waals surface area (Å²) >= 11 is 0. The van der Waals surface area contributed by atoms with Crippen LogP contribution < -0.4 is 0 Å². The van der Waals surface area contributed by atoms with Crippen molar-refractivity contribution in [3.05, 3.63) is 0 Å². The fraction of sp³-hybridized carbons (Fsp3) is 1.00. The van der Waals surface area contributed by atoms with E-state index in [9.17, 15) is 0 Å². The molecule has 0 aromatic carbocycles. The minimum Gasteiger partial charge on any atom is -0.324 e. The van der Waals surface area contributed by atoms with Crippen molar-refractivity contribution in [3.63, 3.8) is 0 Å². The Morgan fingerprint density at radius 1 is 0.900 bits per heavy atom. The van der Waals surface area contributed by atoms with Crippen LogP contribution in [0, 0.1) is 0 Å². The molecule has 1 nitrogen and oxygen atoms in total. The molecule has 0 aromatic rings. The van der Waals surface area contributed by atoms with Crippen molar-refractivity contribution in [2.75, 3.05) is 14.1 Å². The number of fused-ring (bicyclic) bond motifs is 2. The molecule has 2 atom stereocenters. The first-order valence-electron chi connectivity index (χ1n) is 4.54. The molecule has 0 aromatic heterocycles. The lowest BCUT2D eigenvalue weighted by atomic mass is 10.0. The molecular formula is C9H18N+. The number of hydrogen-bond donors (Lipinski definition) is 0. The predicted molar refractivity (Wildman–Crippen MR) is 42.8 cm³/mol. The van der Waals surface area contributed by atoms with E-state index in [0.29, 0.717) is 0 Å². The molecule has 2 heterocycles. The summed E-state index contributed by atoms with van der Waals surface area (Å²) in [6.45, 7) is 0. The number of hydrogen-bond acceptors (Lipinski definition) is 0. The van der Waals surface area contributed by atoms with Gasteiger partial charge in [0, 0.05) is 12.8 Å². The Kier molecular flexibility index (Phi) is 1.31. The van der Waals surface area contributed by atoms with Crippen LogP contribution in [0.2, 0.25) is 0 Å². The molecule has 2 rings (SSSR count). The van der Waals surface area contributed by atoms with Gasteiger partial charge >= 0.3 is 0 Å². The summed E-state index contributed by atoms with van der Waals surface area (Å²) in [5.41, 5.74) is 0. The van der Waals surface area contributed by atoms with Crippen molar-refractivity contribution in [2.45, 2.75) is 44.2 Å². The Bertz CT molecular complexity index is 122. The number of rotatable bonds is 0. The van der Waals surface area contributed by atoms with Gasteiger partial charge < -0.3 is 4.48 Å². The Balaban J connectivity index is 2.21. The van der Waals surface area contributed by atoms with Crippen LogP contribution in [0.3, 0.4) is 0 Å². The molecule has 2 aliphatic rings. The molecule has 0 aliphatic carbocycles. The van der Waals surface area contributed by atoms with Crippen molar-refractivity contribution in [1.29, 1.82) is 0 Å². The van der Waals surface area contributed by atoms with Crippen LogP contribution in [0.15, 0.2) is 0 Å². The summed E-state index contributed by atoms with van der Waals surface area (Å²) in [6, 6.07) is 2.03. The van der Waals surface area contributed by atoms with Crippen LogP contribution in [0.1, 0.15) is 32.1 Å². The summed E-state index contributed by atoms with van der Waals surface area (Å²) in [4.78, 5) is 0. The highest BCUT2D eigenvalue weighted by Crippen LogP contribution is 2.39. The molecule has 10 heavy (non-hydrogen) atoms. The fourth-order valence-electron chi connectivity index (χ4n) is 2.89. The standard InChI is InChI=1S/C9H18N/c1-10(2)8-4-3-5-9(10)7-6-8/h8-9H,3-7H2,1-2H3/q+1/t8-,9+. The van der Waals surface area contributed by atoms with Crippen LogP contribution in [0.5, 0.6) is 0 Å². The van der Waals surface area contributed by atoms with E-state index < -0.39 is 0 Å². The highest BCUT2D eigenvalue weighted by molar-refractivity contribution is 4.79. The lowest BCUT2D eigenvalue weighted by Gasteiger charge is -2.41. The average Bonchev–Trinajstić information content (AvgIpc) is 2.17. The van der Waals surface area contributed by atoms with E-state index in [1.54, 1.807) is 0 Å². The molecule has 0 N–H and O–H groups in total. The topological polar surface area (TPSA) is 0 Å². The van der Waals surface area contributed by atoms with Crippen molar-refractivity contribution in [1.82, 2.24) is 0 Å². The first-order chi connectivity index (χ1) is 4.71. The smallest absolute Gasteiger partial charge is 0.0890 e. The van der Waals surface area contributed by atoms with Crippen LogP contribution in [-0.4, -0.2) is 30.7 Å². The highest BCUT2D eigenvalue weighted by atomic mass is 15.4. The second-order valence-electron chi connectivity index (χ2n) is 4.44. The zero-order valence-corrected chi connectivity index (χ0v) is 7.14. The van der Waals surface area contributed by atoms with E-state index in [-0.39, 0.29) is 0 Å². The molecule has 0 radical (unpaired) electrons. The normalized spacial score (nSPS) is 43.8. The van der Waals surface area contributed by atoms with Gasteiger partial charge in [0.15, 0.2) is 0 Å². The molecule has 2 aliphatic heterocycles. The maximum atomic E-state index is 2.42. The van der Waals surface area contributed by atoms with Crippen LogP contribution in [0.25, 0.3) is 0 Å². The van der Waals surface area contributed by atoms with Gasteiger partial charge in [0.05, 0.1) is 26.2 Å². The summed E-state index contributed by atoms with van der Waals surface area (Å²) in [6.07, 6.45) is 7.47. The van der Waals surface area contributed by atoms with E-state index in [1.165, 1.54) is 36.6 Å². The third-order valence-electron chi connectivity index (χ3n) is 3.79. The molecule has 2 bridgehead atoms. The van der Waals surface area contributed by atoms with E-state index in [2.05, 4.69) is 14.1 Å². The van der Waals surface area contributed by atoms with Gasteiger partial charge in [0.2, 0.25) is 0 Å². The number of piperidine rings is 1. The van der Waals surface area contributed by atoms with E-state index in [4.69, 9.17) is 0 Å². The Hall–Kier alpha value is -0.0400. The zero-order valence-electron chi connectivity index (χ0n) is 7.14. The van der Waals surface area contributed by atoms with Gasteiger partial charge in [-0.2, -0.15) is 0 Å². The third kappa shape index (κ3) is 0.731. The lowest BCUT2D eigenvalue weighted by Crippen LogP contribution is -2.52. The number of nitrogens with zero attached hydrogens (tertiary/aromatic N) is 1. The average molecular weight is 140 g/mol. The quantitative estimate of drug-likeness (QED) is 0.450. The SMILES string of the molecule is C[N+]1(C)[C@@H]2CCC[C@H]1CC2. The van der Waals surface area contributed by atoms with E-state index >= 15 is 0 Å². The van der Waals surface area contributed by atoms with Gasteiger partial charge in [0.1, 0.15) is 0 Å². The Morgan fingerprint density at radius 3 is 1.80 bits per heavy atom. The zero-order chi connectivity index (χ0) is 7.19. The Morgan fingerprint density at radius 2 is 1.40 bits per heavy atom. The van der Waals surface area contributed by atoms with E-state index in [1.807, 2.05) is 0 Å². The van der Waals surface area contributed by atoms with Gasteiger partial charge in [-0.05, 0) is 19.3 Å². The first-order valence-corrected chi connectivity index (χ1v) is 4.54. The molecule has 0 unspecified atom stereocenters. The van der Waals surface area contributed by atoms with Gasteiger partial charge in [0.25, 0.3) is 0 Å². The maximum Gasteiger partial charge on any atom is 0.0890 e. The van der Waals surface area contributed by atoms with Crippen LogP contribution >= 0.6 is 0 Å². The van der Waals surface area contributed by atoms with Crippen LogP contribution in [-0.2, 0) is 0 Å². The fourth-order valence-corrected chi connectivity index (χ4v) is 2.89. The second kappa shape index (κ2) is 1.97. The van der Waals surface area contributed by atoms with Gasteiger partial charge in [-0.25, -0.2) is 0 Å². The predicted octanol–water partition coefficient (Wildman–Crippen LogP) is 1.78. The molecule has 58 valence electrons. The van der Waals surface area contributed by atoms with Gasteiger partial charge in [-0.3, -0.25) is 0 Å². The monoisotopic (exact) mass is 140 g/mol. The highest BCUT2D eigenvalue weighted by Gasteiger charge is 2.45. The first kappa shape index (κ1) is 6.66. The third-order valence-corrected chi connectivity index (χ3v) is 3.79. The van der Waals surface area contributed by atoms with Crippen molar-refractivity contribution in [3.8, 4) is 0 Å². The van der Waals surface area contributed by atoms with E-state index in [0.717, 1.165) is 12.1 Å². The van der Waals surface area contributed by atoms with Gasteiger partial charge in [-0.1, -0.05) is 0 Å². The largest absolute Gasteiger partial charge is 0.324 e. The summed E-state index contributed by atoms with van der Waals surface area (Å²) in [7, 11) is 4.84. The molecular weight excluding hydrogens is 122 g/mol. The van der Waals surface area contributed by atoms with Crippen molar-refractivity contribution >= 4 is 0 Å². The van der Waals surface area contributed by atoms with Gasteiger partial charge in [-0.15, -0.1) is 0 Å². The minimum atomic E-state index is 1.01. The summed E-state index contributed by atoms with van der Waals surface area (Å²) < 4.78 is 1.33. The molecule has 1 heteroatoms. The van der Waals surface area contributed by atoms with Crippen molar-refractivity contribution < 1.29 is 4.48 Å². The molecule has 0 amide bonds. The summed E-state index contributed by atoms with van der Waals surface area (Å²) in [5, 5.41) is 0. The minimum absolute atomic E-state index is 1.01. The molecule has 0 spiro atoms. The van der Waals surface area contributed by atoms with Crippen molar-refractivity contribution in [2.24, 2.45) is 0 Å². The second-order valence-corrected chi connectivity index (χ2v) is 4.44.